The summed E-state index contributed by atoms with van der Waals surface area (Å²) in [5.41, 5.74) is 1.55. The van der Waals surface area contributed by atoms with Crippen LogP contribution in [0, 0.1) is 5.82 Å². The lowest BCUT2D eigenvalue weighted by atomic mass is 10.2. The molecule has 1 aromatic heterocycles. The zero-order valence-corrected chi connectivity index (χ0v) is 10.9. The maximum Gasteiger partial charge on any atom is 0.129 e. The molecular formula is C13H15ClFN3. The summed E-state index contributed by atoms with van der Waals surface area (Å²) in [5.74, 6) is -0.288. The maximum atomic E-state index is 13.6. The lowest BCUT2D eigenvalue weighted by Crippen LogP contribution is -2.11. The van der Waals surface area contributed by atoms with Crippen LogP contribution in [0.2, 0.25) is 5.02 Å². The third-order valence-electron chi connectivity index (χ3n) is 2.61. The molecule has 0 aliphatic rings. The number of aromatic nitrogens is 2. The van der Waals surface area contributed by atoms with E-state index in [2.05, 4.69) is 10.3 Å². The first-order valence-corrected chi connectivity index (χ1v) is 6.22. The standard InChI is InChI=1S/C13H15ClFN3/c1-2-16-6-12-8-18(9-17-12)7-10-3-4-11(14)5-13(10)15/h3-5,8-9,16H,2,6-7H2,1H3. The number of rotatable bonds is 5. The van der Waals surface area contributed by atoms with Crippen LogP contribution in [0.1, 0.15) is 18.2 Å². The highest BCUT2D eigenvalue weighted by Gasteiger charge is 2.05. The van der Waals surface area contributed by atoms with Crippen LogP contribution >= 0.6 is 11.6 Å². The molecule has 96 valence electrons. The summed E-state index contributed by atoms with van der Waals surface area (Å²) in [6.45, 7) is 4.13. The van der Waals surface area contributed by atoms with E-state index in [-0.39, 0.29) is 5.82 Å². The summed E-state index contributed by atoms with van der Waals surface area (Å²) in [7, 11) is 0. The second kappa shape index (κ2) is 5.98. The van der Waals surface area contributed by atoms with Crippen LogP contribution in [0.3, 0.4) is 0 Å². The Morgan fingerprint density at radius 2 is 2.28 bits per heavy atom. The molecule has 1 heterocycles. The minimum absolute atomic E-state index is 0.288. The molecule has 0 atom stereocenters. The molecule has 0 radical (unpaired) electrons. The highest BCUT2D eigenvalue weighted by atomic mass is 35.5. The molecule has 0 bridgehead atoms. The van der Waals surface area contributed by atoms with E-state index in [9.17, 15) is 4.39 Å². The van der Waals surface area contributed by atoms with Gasteiger partial charge in [-0.25, -0.2) is 9.37 Å². The van der Waals surface area contributed by atoms with E-state index in [0.717, 1.165) is 18.8 Å². The van der Waals surface area contributed by atoms with Gasteiger partial charge in [-0.05, 0) is 18.7 Å². The van der Waals surface area contributed by atoms with Crippen molar-refractivity contribution < 1.29 is 4.39 Å². The van der Waals surface area contributed by atoms with E-state index in [1.807, 2.05) is 17.7 Å². The van der Waals surface area contributed by atoms with Crippen molar-refractivity contribution in [1.29, 1.82) is 0 Å². The molecule has 3 nitrogen and oxygen atoms in total. The molecule has 0 fully saturated rings. The Hall–Kier alpha value is -1.39. The van der Waals surface area contributed by atoms with Gasteiger partial charge in [-0.2, -0.15) is 0 Å². The lowest BCUT2D eigenvalue weighted by Gasteiger charge is -2.04. The number of nitrogens with zero attached hydrogens (tertiary/aromatic N) is 2. The molecular weight excluding hydrogens is 253 g/mol. The van der Waals surface area contributed by atoms with Gasteiger partial charge < -0.3 is 9.88 Å². The molecule has 0 aliphatic carbocycles. The molecule has 0 unspecified atom stereocenters. The SMILES string of the molecule is CCNCc1cn(Cc2ccc(Cl)cc2F)cn1. The van der Waals surface area contributed by atoms with Gasteiger partial charge in [0.2, 0.25) is 0 Å². The second-order valence-corrected chi connectivity index (χ2v) is 4.49. The van der Waals surface area contributed by atoms with Gasteiger partial charge in [0.25, 0.3) is 0 Å². The number of hydrogen-bond donors (Lipinski definition) is 1. The smallest absolute Gasteiger partial charge is 0.129 e. The average Bonchev–Trinajstić information content (AvgIpc) is 2.78. The molecule has 0 spiro atoms. The average molecular weight is 268 g/mol. The van der Waals surface area contributed by atoms with E-state index in [1.54, 1.807) is 18.5 Å². The predicted molar refractivity (Wildman–Crippen MR) is 70.1 cm³/mol. The highest BCUT2D eigenvalue weighted by Crippen LogP contribution is 2.15. The van der Waals surface area contributed by atoms with Crippen LogP contribution in [0.5, 0.6) is 0 Å². The Bertz CT molecular complexity index is 525. The third-order valence-corrected chi connectivity index (χ3v) is 2.85. The van der Waals surface area contributed by atoms with Crippen molar-refractivity contribution in [2.75, 3.05) is 6.54 Å². The molecule has 2 aromatic rings. The first-order valence-electron chi connectivity index (χ1n) is 5.84. The van der Waals surface area contributed by atoms with Crippen LogP contribution in [0.15, 0.2) is 30.7 Å². The molecule has 1 aromatic carbocycles. The van der Waals surface area contributed by atoms with Gasteiger partial charge in [-0.1, -0.05) is 24.6 Å². The summed E-state index contributed by atoms with van der Waals surface area (Å²) >= 11 is 5.71. The lowest BCUT2D eigenvalue weighted by molar-refractivity contribution is 0.599. The Balaban J connectivity index is 2.06. The molecule has 1 N–H and O–H groups in total. The molecule has 5 heteroatoms. The van der Waals surface area contributed by atoms with E-state index >= 15 is 0 Å². The fourth-order valence-corrected chi connectivity index (χ4v) is 1.84. The van der Waals surface area contributed by atoms with Gasteiger partial charge in [0.1, 0.15) is 5.82 Å². The fourth-order valence-electron chi connectivity index (χ4n) is 1.68. The summed E-state index contributed by atoms with van der Waals surface area (Å²) in [6, 6.07) is 4.71. The largest absolute Gasteiger partial charge is 0.333 e. The number of hydrogen-bond acceptors (Lipinski definition) is 2. The minimum Gasteiger partial charge on any atom is -0.333 e. The third kappa shape index (κ3) is 3.31. The van der Waals surface area contributed by atoms with Gasteiger partial charge in [0.05, 0.1) is 18.6 Å². The van der Waals surface area contributed by atoms with E-state index in [0.29, 0.717) is 17.1 Å². The van der Waals surface area contributed by atoms with Crippen LogP contribution in [0.25, 0.3) is 0 Å². The number of halogens is 2. The van der Waals surface area contributed by atoms with Crippen LogP contribution < -0.4 is 5.32 Å². The van der Waals surface area contributed by atoms with E-state index in [1.165, 1.54) is 6.07 Å². The Morgan fingerprint density at radius 1 is 1.44 bits per heavy atom. The zero-order chi connectivity index (χ0) is 13.0. The topological polar surface area (TPSA) is 29.9 Å². The highest BCUT2D eigenvalue weighted by molar-refractivity contribution is 6.30. The fraction of sp³-hybridized carbons (Fsp3) is 0.308. The Kier molecular flexibility index (Phi) is 4.33. The summed E-state index contributed by atoms with van der Waals surface area (Å²) in [5, 5.41) is 3.61. The van der Waals surface area contributed by atoms with Crippen molar-refractivity contribution in [3.05, 3.63) is 52.8 Å². The molecule has 2 rings (SSSR count). The van der Waals surface area contributed by atoms with E-state index in [4.69, 9.17) is 11.6 Å². The van der Waals surface area contributed by atoms with Gasteiger partial charge in [-0.15, -0.1) is 0 Å². The van der Waals surface area contributed by atoms with Crippen molar-refractivity contribution in [3.63, 3.8) is 0 Å². The van der Waals surface area contributed by atoms with Gasteiger partial charge in [0.15, 0.2) is 0 Å². The number of imidazole rings is 1. The first kappa shape index (κ1) is 13.1. The summed E-state index contributed by atoms with van der Waals surface area (Å²) in [6.07, 6.45) is 3.62. The van der Waals surface area contributed by atoms with Gasteiger partial charge in [0, 0.05) is 23.3 Å². The van der Waals surface area contributed by atoms with Crippen LogP contribution in [0.4, 0.5) is 4.39 Å². The molecule has 0 saturated carbocycles. The molecule has 18 heavy (non-hydrogen) atoms. The van der Waals surface area contributed by atoms with Crippen molar-refractivity contribution in [2.45, 2.75) is 20.0 Å². The summed E-state index contributed by atoms with van der Waals surface area (Å²) < 4.78 is 15.5. The minimum atomic E-state index is -0.288. The predicted octanol–water partition coefficient (Wildman–Crippen LogP) is 2.83. The van der Waals surface area contributed by atoms with Crippen molar-refractivity contribution in [2.24, 2.45) is 0 Å². The quantitative estimate of drug-likeness (QED) is 0.903. The first-order chi connectivity index (χ1) is 8.69. The van der Waals surface area contributed by atoms with Gasteiger partial charge >= 0.3 is 0 Å². The van der Waals surface area contributed by atoms with Crippen LogP contribution in [-0.4, -0.2) is 16.1 Å². The molecule has 0 amide bonds. The number of nitrogens with one attached hydrogen (secondary N) is 1. The zero-order valence-electron chi connectivity index (χ0n) is 10.2. The maximum absolute atomic E-state index is 13.6. The molecule has 0 saturated heterocycles. The van der Waals surface area contributed by atoms with Crippen LogP contribution in [-0.2, 0) is 13.1 Å². The number of benzene rings is 1. The second-order valence-electron chi connectivity index (χ2n) is 4.05. The van der Waals surface area contributed by atoms with Gasteiger partial charge in [-0.3, -0.25) is 0 Å². The van der Waals surface area contributed by atoms with Crippen molar-refractivity contribution in [3.8, 4) is 0 Å². The molecule has 0 aliphatic heterocycles. The normalized spacial score (nSPS) is 10.8. The monoisotopic (exact) mass is 267 g/mol. The van der Waals surface area contributed by atoms with E-state index < -0.39 is 0 Å². The van der Waals surface area contributed by atoms with Crippen molar-refractivity contribution in [1.82, 2.24) is 14.9 Å². The van der Waals surface area contributed by atoms with Crippen molar-refractivity contribution >= 4 is 11.6 Å². The Morgan fingerprint density at radius 3 is 3.00 bits per heavy atom. The Labute approximate surface area is 111 Å². The summed E-state index contributed by atoms with van der Waals surface area (Å²) in [4.78, 5) is 4.25.